The molecule has 2 N–H and O–H groups in total. The average Bonchev–Trinajstić information content (AvgIpc) is 3.52. The van der Waals surface area contributed by atoms with E-state index >= 15 is 0 Å². The summed E-state index contributed by atoms with van der Waals surface area (Å²) in [5.74, 6) is 1.46. The van der Waals surface area contributed by atoms with Crippen LogP contribution in [0, 0.1) is 20.8 Å². The number of aromatic nitrogens is 1. The fraction of sp³-hybridized carbons (Fsp3) is 0.100. The molecule has 0 radical (unpaired) electrons. The van der Waals surface area contributed by atoms with Gasteiger partial charge in [-0.2, -0.15) is 0 Å². The first-order valence-corrected chi connectivity index (χ1v) is 12.2. The van der Waals surface area contributed by atoms with Crippen molar-refractivity contribution in [2.75, 3.05) is 5.32 Å². The third-order valence-corrected chi connectivity index (χ3v) is 6.08. The fourth-order valence-corrected chi connectivity index (χ4v) is 4.27. The zero-order valence-corrected chi connectivity index (χ0v) is 21.5. The molecule has 6 nitrogen and oxygen atoms in total. The summed E-state index contributed by atoms with van der Waals surface area (Å²) in [4.78, 5) is 17.1. The van der Waals surface area contributed by atoms with E-state index in [-0.39, 0.29) is 11.0 Å². The van der Waals surface area contributed by atoms with E-state index in [1.807, 2.05) is 87.5 Å². The Morgan fingerprint density at radius 2 is 1.70 bits per heavy atom. The van der Waals surface area contributed by atoms with Crippen molar-refractivity contribution in [3.63, 3.8) is 0 Å². The van der Waals surface area contributed by atoms with Crippen LogP contribution in [0.15, 0.2) is 87.7 Å². The summed E-state index contributed by atoms with van der Waals surface area (Å²) in [6, 6.07) is 23.3. The number of thiocarbonyl (C=S) groups is 1. The Labute approximate surface area is 220 Å². The molecule has 1 amide bonds. The molecule has 3 aromatic carbocycles. The summed E-state index contributed by atoms with van der Waals surface area (Å²) in [6.45, 7) is 6.00. The molecule has 0 atom stereocenters. The van der Waals surface area contributed by atoms with Gasteiger partial charge in [-0.25, -0.2) is 4.98 Å². The lowest BCUT2D eigenvalue weighted by Gasteiger charge is -2.11. The molecular weight excluding hydrogens is 482 g/mol. The molecular formula is C30H25N3O3S. The normalized spacial score (nSPS) is 11.2. The van der Waals surface area contributed by atoms with Gasteiger partial charge < -0.3 is 14.2 Å². The van der Waals surface area contributed by atoms with Gasteiger partial charge in [0.25, 0.3) is 0 Å². The number of anilines is 1. The maximum atomic E-state index is 12.4. The molecule has 0 saturated heterocycles. The topological polar surface area (TPSA) is 80.3 Å². The Hall–Kier alpha value is -4.49. The number of oxazole rings is 1. The van der Waals surface area contributed by atoms with E-state index in [0.29, 0.717) is 11.7 Å². The van der Waals surface area contributed by atoms with Crippen molar-refractivity contribution < 1.29 is 13.6 Å². The molecule has 0 aliphatic carbocycles. The van der Waals surface area contributed by atoms with Crippen molar-refractivity contribution in [3.05, 3.63) is 101 Å². The minimum Gasteiger partial charge on any atom is -0.457 e. The number of furan rings is 1. The SMILES string of the molecule is Cc1cc(C)c2oc(-c3ccc(C)c(NC(=S)NC(=O)/C=C/c4ccc(-c5ccccc5)o4)c3)nc2c1. The molecule has 184 valence electrons. The molecule has 0 unspecified atom stereocenters. The minimum atomic E-state index is -0.367. The van der Waals surface area contributed by atoms with E-state index in [1.54, 1.807) is 6.08 Å². The smallest absolute Gasteiger partial charge is 0.250 e. The molecule has 0 spiro atoms. The van der Waals surface area contributed by atoms with Crippen LogP contribution in [0.4, 0.5) is 5.69 Å². The van der Waals surface area contributed by atoms with Crippen LogP contribution in [0.25, 0.3) is 40.0 Å². The number of benzene rings is 3. The number of aryl methyl sites for hydroxylation is 3. The van der Waals surface area contributed by atoms with E-state index in [2.05, 4.69) is 21.7 Å². The number of hydrogen-bond donors (Lipinski definition) is 2. The number of amides is 1. The summed E-state index contributed by atoms with van der Waals surface area (Å²) in [5.41, 5.74) is 7.27. The van der Waals surface area contributed by atoms with Crippen LogP contribution in [-0.2, 0) is 4.79 Å². The van der Waals surface area contributed by atoms with Crippen LogP contribution in [0.5, 0.6) is 0 Å². The van der Waals surface area contributed by atoms with Gasteiger partial charge in [0.15, 0.2) is 10.7 Å². The molecule has 0 fully saturated rings. The Morgan fingerprint density at radius 3 is 2.51 bits per heavy atom. The van der Waals surface area contributed by atoms with Gasteiger partial charge in [-0.3, -0.25) is 10.1 Å². The highest BCUT2D eigenvalue weighted by molar-refractivity contribution is 7.80. The summed E-state index contributed by atoms with van der Waals surface area (Å²) in [7, 11) is 0. The van der Waals surface area contributed by atoms with Crippen molar-refractivity contribution in [1.82, 2.24) is 10.3 Å². The number of nitrogens with one attached hydrogen (secondary N) is 2. The number of rotatable bonds is 5. The van der Waals surface area contributed by atoms with E-state index in [4.69, 9.17) is 21.1 Å². The zero-order valence-electron chi connectivity index (χ0n) is 20.7. The first kappa shape index (κ1) is 24.2. The van der Waals surface area contributed by atoms with Crippen molar-refractivity contribution in [3.8, 4) is 22.8 Å². The number of carbonyl (C=O) groups is 1. The number of carbonyl (C=O) groups excluding carboxylic acids is 1. The molecule has 0 aliphatic heterocycles. The molecule has 0 aliphatic rings. The van der Waals surface area contributed by atoms with Crippen LogP contribution in [-0.4, -0.2) is 16.0 Å². The fourth-order valence-electron chi connectivity index (χ4n) is 4.05. The van der Waals surface area contributed by atoms with Gasteiger partial charge in [-0.15, -0.1) is 0 Å². The first-order valence-electron chi connectivity index (χ1n) is 11.8. The number of hydrogen-bond acceptors (Lipinski definition) is 5. The first-order chi connectivity index (χ1) is 17.9. The quantitative estimate of drug-likeness (QED) is 0.193. The van der Waals surface area contributed by atoms with Crippen LogP contribution in [0.2, 0.25) is 0 Å². The predicted octanol–water partition coefficient (Wildman–Crippen LogP) is 7.21. The third-order valence-electron chi connectivity index (χ3n) is 5.87. The lowest BCUT2D eigenvalue weighted by molar-refractivity contribution is -0.115. The average molecular weight is 508 g/mol. The largest absolute Gasteiger partial charge is 0.457 e. The third kappa shape index (κ3) is 5.52. The van der Waals surface area contributed by atoms with E-state index in [1.165, 1.54) is 6.08 Å². The maximum absolute atomic E-state index is 12.4. The Morgan fingerprint density at radius 1 is 0.892 bits per heavy atom. The summed E-state index contributed by atoms with van der Waals surface area (Å²) in [6.07, 6.45) is 2.99. The standard InChI is InChI=1S/C30H25N3O3S/c1-18-15-20(3)28-25(16-18)31-29(36-28)22-10-9-19(2)24(17-22)32-30(37)33-27(34)14-12-23-11-13-26(35-23)21-7-5-4-6-8-21/h4-17H,1-3H3,(H2,32,33,34,37)/b14-12+. The van der Waals surface area contributed by atoms with Gasteiger partial charge in [0.05, 0.1) is 0 Å². The molecule has 37 heavy (non-hydrogen) atoms. The van der Waals surface area contributed by atoms with Crippen molar-refractivity contribution >= 4 is 46.1 Å². The van der Waals surface area contributed by atoms with Crippen LogP contribution in [0.3, 0.4) is 0 Å². The van der Waals surface area contributed by atoms with Crippen LogP contribution >= 0.6 is 12.2 Å². The van der Waals surface area contributed by atoms with E-state index in [0.717, 1.165) is 50.4 Å². The van der Waals surface area contributed by atoms with Crippen LogP contribution in [0.1, 0.15) is 22.5 Å². The van der Waals surface area contributed by atoms with Crippen molar-refractivity contribution in [2.45, 2.75) is 20.8 Å². The van der Waals surface area contributed by atoms with Gasteiger partial charge >= 0.3 is 0 Å². The van der Waals surface area contributed by atoms with Crippen molar-refractivity contribution in [2.24, 2.45) is 0 Å². The van der Waals surface area contributed by atoms with Crippen LogP contribution < -0.4 is 10.6 Å². The van der Waals surface area contributed by atoms with Gasteiger partial charge in [0, 0.05) is 22.9 Å². The lowest BCUT2D eigenvalue weighted by atomic mass is 10.1. The Balaban J connectivity index is 1.25. The second-order valence-electron chi connectivity index (χ2n) is 8.82. The summed E-state index contributed by atoms with van der Waals surface area (Å²) >= 11 is 5.38. The highest BCUT2D eigenvalue weighted by atomic mass is 32.1. The summed E-state index contributed by atoms with van der Waals surface area (Å²) < 4.78 is 11.8. The maximum Gasteiger partial charge on any atom is 0.250 e. The lowest BCUT2D eigenvalue weighted by Crippen LogP contribution is -2.33. The molecule has 7 heteroatoms. The van der Waals surface area contributed by atoms with Gasteiger partial charge in [0.1, 0.15) is 17.0 Å². The predicted molar refractivity (Wildman–Crippen MR) is 151 cm³/mol. The van der Waals surface area contributed by atoms with E-state index < -0.39 is 0 Å². The highest BCUT2D eigenvalue weighted by Gasteiger charge is 2.13. The molecule has 2 aromatic heterocycles. The Kier molecular flexibility index (Phi) is 6.70. The molecule has 5 rings (SSSR count). The molecule has 5 aromatic rings. The highest BCUT2D eigenvalue weighted by Crippen LogP contribution is 2.30. The summed E-state index contributed by atoms with van der Waals surface area (Å²) in [5, 5.41) is 5.96. The minimum absolute atomic E-state index is 0.184. The Bertz CT molecular complexity index is 1650. The van der Waals surface area contributed by atoms with Gasteiger partial charge in [0.2, 0.25) is 11.8 Å². The van der Waals surface area contributed by atoms with Crippen molar-refractivity contribution in [1.29, 1.82) is 0 Å². The van der Waals surface area contributed by atoms with Gasteiger partial charge in [-0.1, -0.05) is 42.5 Å². The molecule has 0 saturated carbocycles. The number of nitrogens with zero attached hydrogens (tertiary/aromatic N) is 1. The zero-order chi connectivity index (χ0) is 25.9. The van der Waals surface area contributed by atoms with Gasteiger partial charge in [-0.05, 0) is 86.1 Å². The second kappa shape index (κ2) is 10.2. The monoisotopic (exact) mass is 507 g/mol. The molecule has 0 bridgehead atoms. The van der Waals surface area contributed by atoms with E-state index in [9.17, 15) is 4.79 Å². The molecule has 2 heterocycles. The second-order valence-corrected chi connectivity index (χ2v) is 9.23. The number of fused-ring (bicyclic) bond motifs is 1.